The molecule has 57 heavy (non-hydrogen) atoms. The van der Waals surface area contributed by atoms with Crippen molar-refractivity contribution in [3.05, 3.63) is 35.9 Å². The third-order valence-corrected chi connectivity index (χ3v) is 11.5. The van der Waals surface area contributed by atoms with E-state index in [1.807, 2.05) is 30.3 Å². The quantitative estimate of drug-likeness (QED) is 0.0430. The van der Waals surface area contributed by atoms with Crippen LogP contribution >= 0.6 is 0 Å². The van der Waals surface area contributed by atoms with Gasteiger partial charge in [-0.15, -0.1) is 0 Å². The molecule has 0 unspecified atom stereocenters. The van der Waals surface area contributed by atoms with E-state index in [1.54, 1.807) is 0 Å². The fraction of sp³-hybridized carbons (Fsp3) is 0.830. The number of alkyl carbamates (subject to hydrolysis) is 1. The highest BCUT2D eigenvalue weighted by atomic mass is 16.6. The maximum Gasteiger partial charge on any atom is 0.407 e. The number of ether oxygens (including phenoxy) is 2. The van der Waals surface area contributed by atoms with Gasteiger partial charge in [-0.3, -0.25) is 4.90 Å². The summed E-state index contributed by atoms with van der Waals surface area (Å²) in [5, 5.41) is 37.8. The van der Waals surface area contributed by atoms with Gasteiger partial charge in [0.2, 0.25) is 0 Å². The molecule has 5 atom stereocenters. The minimum absolute atomic E-state index is 0.0191. The van der Waals surface area contributed by atoms with Gasteiger partial charge in [0.25, 0.3) is 0 Å². The fourth-order valence-corrected chi connectivity index (χ4v) is 7.86. The van der Waals surface area contributed by atoms with Gasteiger partial charge in [0, 0.05) is 13.1 Å². The number of hydrogen-bond donors (Lipinski definition) is 5. The predicted octanol–water partition coefficient (Wildman–Crippen LogP) is 10.7. The summed E-state index contributed by atoms with van der Waals surface area (Å²) in [5.41, 5.74) is 0.798. The monoisotopic (exact) mass is 804 g/mol. The molecule has 1 heterocycles. The molecule has 3 amide bonds. The van der Waals surface area contributed by atoms with Crippen LogP contribution in [0, 0.1) is 0 Å². The van der Waals surface area contributed by atoms with E-state index in [1.165, 1.54) is 140 Å². The van der Waals surface area contributed by atoms with Crippen molar-refractivity contribution in [1.29, 1.82) is 0 Å². The molecule has 2 rings (SSSR count). The van der Waals surface area contributed by atoms with Crippen LogP contribution in [0.15, 0.2) is 30.3 Å². The molecule has 1 aromatic rings. The van der Waals surface area contributed by atoms with Crippen molar-refractivity contribution < 1.29 is 34.4 Å². The summed E-state index contributed by atoms with van der Waals surface area (Å²) >= 11 is 0. The van der Waals surface area contributed by atoms with Gasteiger partial charge in [-0.2, -0.15) is 0 Å². The van der Waals surface area contributed by atoms with E-state index in [2.05, 4.69) is 24.5 Å². The first kappa shape index (κ1) is 50.7. The van der Waals surface area contributed by atoms with E-state index in [-0.39, 0.29) is 12.6 Å². The molecule has 1 aliphatic rings. The summed E-state index contributed by atoms with van der Waals surface area (Å²) in [7, 11) is 0. The molecule has 1 aliphatic heterocycles. The van der Waals surface area contributed by atoms with Crippen LogP contribution in [0.5, 0.6) is 0 Å². The first-order valence-corrected chi connectivity index (χ1v) is 23.6. The van der Waals surface area contributed by atoms with Gasteiger partial charge in [-0.05, 0) is 18.4 Å². The van der Waals surface area contributed by atoms with E-state index in [9.17, 15) is 24.9 Å². The Labute approximate surface area is 347 Å². The summed E-state index contributed by atoms with van der Waals surface area (Å²) in [4.78, 5) is 28.4. The van der Waals surface area contributed by atoms with E-state index in [4.69, 9.17) is 9.47 Å². The lowest BCUT2D eigenvalue weighted by molar-refractivity contribution is -0.222. The Bertz CT molecular complexity index is 1100. The van der Waals surface area contributed by atoms with Crippen molar-refractivity contribution in [1.82, 2.24) is 15.5 Å². The summed E-state index contributed by atoms with van der Waals surface area (Å²) in [6.07, 6.45) is 28.6. The maximum atomic E-state index is 13.8. The second-order valence-electron chi connectivity index (χ2n) is 16.6. The molecule has 1 aromatic carbocycles. The van der Waals surface area contributed by atoms with Crippen LogP contribution in [0.1, 0.15) is 199 Å². The lowest BCUT2D eigenvalue weighted by Gasteiger charge is -2.46. The Morgan fingerprint density at radius 2 is 1.07 bits per heavy atom. The number of carbonyl (C=O) groups is 2. The van der Waals surface area contributed by atoms with Crippen molar-refractivity contribution in [2.24, 2.45) is 0 Å². The van der Waals surface area contributed by atoms with E-state index in [0.717, 1.165) is 50.5 Å². The third kappa shape index (κ3) is 23.7. The zero-order valence-corrected chi connectivity index (χ0v) is 36.3. The van der Waals surface area contributed by atoms with Crippen LogP contribution in [0.3, 0.4) is 0 Å². The molecule has 0 aliphatic carbocycles. The topological polar surface area (TPSA) is 141 Å². The first-order valence-electron chi connectivity index (χ1n) is 23.6. The van der Waals surface area contributed by atoms with E-state index >= 15 is 0 Å². The highest BCUT2D eigenvalue weighted by Crippen LogP contribution is 2.25. The molecule has 330 valence electrons. The smallest absolute Gasteiger partial charge is 0.407 e. The molecule has 0 radical (unpaired) electrons. The van der Waals surface area contributed by atoms with E-state index in [0.29, 0.717) is 13.1 Å². The van der Waals surface area contributed by atoms with Gasteiger partial charge in [0.1, 0.15) is 31.0 Å². The number of benzene rings is 1. The number of urea groups is 1. The summed E-state index contributed by atoms with van der Waals surface area (Å²) in [6, 6.07) is 7.72. The Hall–Kier alpha value is -2.40. The highest BCUT2D eigenvalue weighted by Gasteiger charge is 2.48. The summed E-state index contributed by atoms with van der Waals surface area (Å²) in [6.45, 7) is 4.83. The average molecular weight is 804 g/mol. The Morgan fingerprint density at radius 3 is 1.53 bits per heavy atom. The molecule has 0 spiro atoms. The number of nitrogens with one attached hydrogen (secondary N) is 2. The lowest BCUT2D eigenvalue weighted by atomic mass is 9.95. The molecule has 10 heteroatoms. The Balaban J connectivity index is 1.87. The second-order valence-corrected chi connectivity index (χ2v) is 16.6. The Kier molecular flexibility index (Phi) is 30.7. The van der Waals surface area contributed by atoms with Gasteiger partial charge in [-0.25, -0.2) is 9.59 Å². The minimum Gasteiger partial charge on any atom is -0.445 e. The second kappa shape index (κ2) is 34.5. The highest BCUT2D eigenvalue weighted by molar-refractivity contribution is 5.75. The first-order chi connectivity index (χ1) is 27.9. The molecule has 0 saturated carbocycles. The molecular weight excluding hydrogens is 719 g/mol. The predicted molar refractivity (Wildman–Crippen MR) is 232 cm³/mol. The number of rotatable bonds is 35. The van der Waals surface area contributed by atoms with Crippen molar-refractivity contribution in [3.63, 3.8) is 0 Å². The molecular formula is C47H85N3O7. The number of amides is 3. The maximum absolute atomic E-state index is 13.8. The minimum atomic E-state index is -1.50. The molecule has 1 saturated heterocycles. The van der Waals surface area contributed by atoms with Crippen LogP contribution in [0.4, 0.5) is 9.59 Å². The standard InChI is InChI=1S/C47H85N3O7/c1-3-5-7-9-11-13-15-17-18-19-20-22-24-26-28-33-37-50(46(54)48-36-32-27-25-23-21-16-14-12-10-8-6-4-2)45-42(44(53)43(52)41(38-51)57-45)49-47(55)56-39-40-34-30-29-31-35-40/h29-31,34-35,41-45,51-53H,3-28,32-33,36-39H2,1-2H3,(H,48,54)(H,49,55)/t41-,42-,43-,44-,45-/m1/s1. The zero-order valence-electron chi connectivity index (χ0n) is 36.3. The van der Waals surface area contributed by atoms with Crippen molar-refractivity contribution in [2.75, 3.05) is 19.7 Å². The lowest BCUT2D eigenvalue weighted by Crippen LogP contribution is -2.69. The fourth-order valence-electron chi connectivity index (χ4n) is 7.86. The van der Waals surface area contributed by atoms with Crippen molar-refractivity contribution in [2.45, 2.75) is 231 Å². The number of aliphatic hydroxyl groups is 3. The summed E-state index contributed by atoms with van der Waals surface area (Å²) in [5.74, 6) is 0. The molecule has 0 bridgehead atoms. The van der Waals surface area contributed by atoms with Gasteiger partial charge >= 0.3 is 12.1 Å². The van der Waals surface area contributed by atoms with Crippen molar-refractivity contribution in [3.8, 4) is 0 Å². The number of hydrogen-bond acceptors (Lipinski definition) is 7. The van der Waals surface area contributed by atoms with Gasteiger partial charge < -0.3 is 35.4 Å². The molecule has 1 fully saturated rings. The average Bonchev–Trinajstić information content (AvgIpc) is 3.22. The zero-order chi connectivity index (χ0) is 41.2. The van der Waals surface area contributed by atoms with Gasteiger partial charge in [-0.1, -0.05) is 211 Å². The van der Waals surface area contributed by atoms with Crippen LogP contribution < -0.4 is 10.6 Å². The molecule has 10 nitrogen and oxygen atoms in total. The largest absolute Gasteiger partial charge is 0.445 e. The third-order valence-electron chi connectivity index (χ3n) is 11.5. The van der Waals surface area contributed by atoms with Crippen LogP contribution in [0.2, 0.25) is 0 Å². The summed E-state index contributed by atoms with van der Waals surface area (Å²) < 4.78 is 11.5. The number of carbonyl (C=O) groups excluding carboxylic acids is 2. The Morgan fingerprint density at radius 1 is 0.632 bits per heavy atom. The molecule has 0 aromatic heterocycles. The number of aliphatic hydroxyl groups excluding tert-OH is 3. The molecule has 5 N–H and O–H groups in total. The number of unbranched alkanes of at least 4 members (excludes halogenated alkanes) is 26. The van der Waals surface area contributed by atoms with E-state index < -0.39 is 43.3 Å². The van der Waals surface area contributed by atoms with Crippen LogP contribution in [0.25, 0.3) is 0 Å². The van der Waals surface area contributed by atoms with Crippen molar-refractivity contribution >= 4 is 12.1 Å². The van der Waals surface area contributed by atoms with Crippen LogP contribution in [-0.4, -0.2) is 82.6 Å². The van der Waals surface area contributed by atoms with Crippen LogP contribution in [-0.2, 0) is 16.1 Å². The van der Waals surface area contributed by atoms with Gasteiger partial charge in [0.05, 0.1) is 6.61 Å². The van der Waals surface area contributed by atoms with Gasteiger partial charge in [0.15, 0.2) is 6.23 Å². The normalized spacial score (nSPS) is 19.4. The number of nitrogens with zero attached hydrogens (tertiary/aromatic N) is 1. The SMILES string of the molecule is CCCCCCCCCCCCCCCCCCN(C(=O)NCCCCCCCCCCCCCC)[C@@H]1O[C@H](CO)[C@@H](O)[C@H](O)[C@H]1NC(=O)OCc1ccccc1.